The molecule has 2 aromatic heterocycles. The lowest BCUT2D eigenvalue weighted by Gasteiger charge is -2.11. The van der Waals surface area contributed by atoms with Crippen molar-refractivity contribution >= 4 is 65.8 Å². The van der Waals surface area contributed by atoms with Crippen molar-refractivity contribution in [2.24, 2.45) is 5.10 Å². The second-order valence-corrected chi connectivity index (χ2v) is 11.0. The molecule has 0 atom stereocenters. The number of hydrazone groups is 1. The van der Waals surface area contributed by atoms with Crippen LogP contribution in [0.1, 0.15) is 12.7 Å². The van der Waals surface area contributed by atoms with Crippen molar-refractivity contribution in [3.63, 3.8) is 0 Å². The number of thiazole rings is 1. The van der Waals surface area contributed by atoms with E-state index in [0.717, 1.165) is 4.47 Å². The third kappa shape index (κ3) is 4.83. The van der Waals surface area contributed by atoms with E-state index >= 15 is 0 Å². The maximum Gasteiger partial charge on any atom is 0.280 e. The Labute approximate surface area is 213 Å². The highest BCUT2D eigenvalue weighted by atomic mass is 79.9. The summed E-state index contributed by atoms with van der Waals surface area (Å²) in [7, 11) is -3.74. The Kier molecular flexibility index (Phi) is 6.13. The number of furan rings is 1. The molecule has 0 saturated carbocycles. The Bertz CT molecular complexity index is 1560. The van der Waals surface area contributed by atoms with Gasteiger partial charge in [0.15, 0.2) is 5.13 Å². The van der Waals surface area contributed by atoms with E-state index in [1.807, 2.05) is 24.3 Å². The van der Waals surface area contributed by atoms with Crippen LogP contribution < -0.4 is 9.73 Å². The molecular formula is C24H17BrN4O4S2. The lowest BCUT2D eigenvalue weighted by molar-refractivity contribution is -0.114. The smallest absolute Gasteiger partial charge is 0.280 e. The van der Waals surface area contributed by atoms with Gasteiger partial charge in [0.25, 0.3) is 15.9 Å². The summed E-state index contributed by atoms with van der Waals surface area (Å²) in [6, 6.07) is 17.1. The number of rotatable bonds is 6. The first kappa shape index (κ1) is 23.2. The van der Waals surface area contributed by atoms with Gasteiger partial charge < -0.3 is 4.42 Å². The Morgan fingerprint density at radius 2 is 1.80 bits per heavy atom. The molecule has 0 aliphatic carbocycles. The molecule has 0 saturated heterocycles. The molecule has 2 aromatic carbocycles. The molecular weight excluding hydrogens is 552 g/mol. The SMILES string of the molecule is CC1=NN(c2ccc(Br)cc2)C(=O)/C1=C\c1ccc(-c2ccc(S(=O)(=O)Nc3nccs3)cc2)o1. The van der Waals surface area contributed by atoms with Crippen LogP contribution in [0.15, 0.2) is 96.7 Å². The summed E-state index contributed by atoms with van der Waals surface area (Å²) in [5.74, 6) is 0.779. The van der Waals surface area contributed by atoms with Crippen LogP contribution in [0.4, 0.5) is 10.8 Å². The molecule has 0 bridgehead atoms. The summed E-state index contributed by atoms with van der Waals surface area (Å²) in [6.07, 6.45) is 3.18. The Hall–Kier alpha value is -3.54. The van der Waals surface area contributed by atoms with Gasteiger partial charge in [-0.3, -0.25) is 9.52 Å². The zero-order valence-electron chi connectivity index (χ0n) is 18.2. The molecule has 35 heavy (non-hydrogen) atoms. The second-order valence-electron chi connectivity index (χ2n) is 7.51. The first-order valence-corrected chi connectivity index (χ1v) is 13.5. The molecule has 4 aromatic rings. The predicted octanol–water partition coefficient (Wildman–Crippen LogP) is 5.77. The zero-order chi connectivity index (χ0) is 24.6. The number of sulfonamides is 1. The minimum absolute atomic E-state index is 0.113. The van der Waals surface area contributed by atoms with Gasteiger partial charge in [-0.25, -0.2) is 13.4 Å². The summed E-state index contributed by atoms with van der Waals surface area (Å²) in [5, 5.41) is 7.73. The minimum atomic E-state index is -3.74. The van der Waals surface area contributed by atoms with E-state index in [0.29, 0.717) is 39.2 Å². The van der Waals surface area contributed by atoms with Crippen LogP contribution in [0, 0.1) is 0 Å². The predicted molar refractivity (Wildman–Crippen MR) is 140 cm³/mol. The van der Waals surface area contributed by atoms with Crippen molar-refractivity contribution in [1.29, 1.82) is 0 Å². The molecule has 0 radical (unpaired) electrons. The fourth-order valence-corrected chi connectivity index (χ4v) is 5.47. The topological polar surface area (TPSA) is 105 Å². The Morgan fingerprint density at radius 3 is 2.49 bits per heavy atom. The highest BCUT2D eigenvalue weighted by Gasteiger charge is 2.29. The van der Waals surface area contributed by atoms with Crippen molar-refractivity contribution in [3.05, 3.63) is 88.0 Å². The Balaban J connectivity index is 1.34. The van der Waals surface area contributed by atoms with E-state index in [1.165, 1.54) is 34.7 Å². The second kappa shape index (κ2) is 9.25. The maximum absolute atomic E-state index is 13.0. The number of carbonyl (C=O) groups excluding carboxylic acids is 1. The van der Waals surface area contributed by atoms with Crippen LogP contribution in [0.2, 0.25) is 0 Å². The van der Waals surface area contributed by atoms with Gasteiger partial charge in [-0.15, -0.1) is 11.3 Å². The summed E-state index contributed by atoms with van der Waals surface area (Å²) >= 11 is 4.59. The molecule has 1 amide bonds. The molecule has 1 aliphatic rings. The van der Waals surface area contributed by atoms with Gasteiger partial charge in [0.2, 0.25) is 0 Å². The number of aromatic nitrogens is 1. The standard InChI is InChI=1S/C24H17BrN4O4S2/c1-15-21(23(30)29(27-15)18-6-4-17(25)5-7-18)14-19-8-11-22(33-19)16-2-9-20(10-3-16)35(31,32)28-24-26-12-13-34-24/h2-14H,1H3,(H,26,28)/b21-14-. The third-order valence-electron chi connectivity index (χ3n) is 5.15. The van der Waals surface area contributed by atoms with Crippen LogP contribution in [0.5, 0.6) is 0 Å². The van der Waals surface area contributed by atoms with Crippen LogP contribution >= 0.6 is 27.3 Å². The van der Waals surface area contributed by atoms with E-state index in [2.05, 4.69) is 30.7 Å². The van der Waals surface area contributed by atoms with Gasteiger partial charge in [-0.05, 0) is 73.7 Å². The molecule has 5 rings (SSSR count). The lowest BCUT2D eigenvalue weighted by Crippen LogP contribution is -2.21. The number of benzene rings is 2. The van der Waals surface area contributed by atoms with Crippen molar-refractivity contribution in [3.8, 4) is 11.3 Å². The summed E-state index contributed by atoms with van der Waals surface area (Å²) in [4.78, 5) is 17.0. The highest BCUT2D eigenvalue weighted by Crippen LogP contribution is 2.29. The maximum atomic E-state index is 13.0. The first-order chi connectivity index (χ1) is 16.8. The van der Waals surface area contributed by atoms with Gasteiger partial charge in [-0.1, -0.05) is 15.9 Å². The number of hydrogen-bond acceptors (Lipinski definition) is 7. The van der Waals surface area contributed by atoms with Gasteiger partial charge in [0, 0.05) is 21.6 Å². The molecule has 8 nitrogen and oxygen atoms in total. The van der Waals surface area contributed by atoms with Gasteiger partial charge in [0.1, 0.15) is 11.5 Å². The monoisotopic (exact) mass is 568 g/mol. The minimum Gasteiger partial charge on any atom is -0.457 e. The molecule has 11 heteroatoms. The van der Waals surface area contributed by atoms with Crippen molar-refractivity contribution in [2.75, 3.05) is 9.73 Å². The van der Waals surface area contributed by atoms with Gasteiger partial charge in [-0.2, -0.15) is 10.1 Å². The van der Waals surface area contributed by atoms with Crippen molar-refractivity contribution < 1.29 is 17.6 Å². The molecule has 0 unspecified atom stereocenters. The number of halogens is 1. The normalized spacial score (nSPS) is 15.0. The number of nitrogens with zero attached hydrogens (tertiary/aromatic N) is 3. The molecule has 1 aliphatic heterocycles. The molecule has 176 valence electrons. The average molecular weight is 569 g/mol. The number of hydrogen-bond donors (Lipinski definition) is 1. The zero-order valence-corrected chi connectivity index (χ0v) is 21.4. The summed E-state index contributed by atoms with van der Waals surface area (Å²) in [6.45, 7) is 1.77. The van der Waals surface area contributed by atoms with Gasteiger partial charge in [0.05, 0.1) is 21.9 Å². The van der Waals surface area contributed by atoms with Crippen LogP contribution in [0.3, 0.4) is 0 Å². The Morgan fingerprint density at radius 1 is 1.06 bits per heavy atom. The van der Waals surface area contributed by atoms with E-state index in [1.54, 1.807) is 42.6 Å². The van der Waals surface area contributed by atoms with Crippen molar-refractivity contribution in [2.45, 2.75) is 11.8 Å². The number of nitrogens with one attached hydrogen (secondary N) is 1. The molecule has 0 spiro atoms. The van der Waals surface area contributed by atoms with E-state index < -0.39 is 10.0 Å². The summed E-state index contributed by atoms with van der Waals surface area (Å²) in [5.41, 5.74) is 2.38. The van der Waals surface area contributed by atoms with Gasteiger partial charge >= 0.3 is 0 Å². The molecule has 0 fully saturated rings. The van der Waals surface area contributed by atoms with Crippen LogP contribution in [0.25, 0.3) is 17.4 Å². The number of amides is 1. The highest BCUT2D eigenvalue weighted by molar-refractivity contribution is 9.10. The number of anilines is 2. The largest absolute Gasteiger partial charge is 0.457 e. The molecule has 1 N–H and O–H groups in total. The molecule has 3 heterocycles. The number of carbonyl (C=O) groups is 1. The van der Waals surface area contributed by atoms with Crippen molar-refractivity contribution in [1.82, 2.24) is 4.98 Å². The lowest BCUT2D eigenvalue weighted by atomic mass is 10.1. The quantitative estimate of drug-likeness (QED) is 0.297. The summed E-state index contributed by atoms with van der Waals surface area (Å²) < 4.78 is 34.3. The van der Waals surface area contributed by atoms with Crippen LogP contribution in [-0.4, -0.2) is 25.0 Å². The van der Waals surface area contributed by atoms with E-state index in [9.17, 15) is 13.2 Å². The third-order valence-corrected chi connectivity index (χ3v) is 7.85. The first-order valence-electron chi connectivity index (χ1n) is 10.3. The van der Waals surface area contributed by atoms with Crippen LogP contribution in [-0.2, 0) is 14.8 Å². The average Bonchev–Trinajstić information content (AvgIpc) is 3.58. The fraction of sp³-hybridized carbons (Fsp3) is 0.0417. The van der Waals surface area contributed by atoms with E-state index in [4.69, 9.17) is 4.42 Å². The fourth-order valence-electron chi connectivity index (χ4n) is 3.42. The van der Waals surface area contributed by atoms with E-state index in [-0.39, 0.29) is 10.8 Å².